The van der Waals surface area contributed by atoms with Gasteiger partial charge in [-0.2, -0.15) is 4.98 Å². The number of hydrogen-bond donors (Lipinski definition) is 1. The zero-order chi connectivity index (χ0) is 14.3. The van der Waals surface area contributed by atoms with E-state index in [-0.39, 0.29) is 17.5 Å². The topological polar surface area (TPSA) is 98.2 Å². The molecule has 0 saturated heterocycles. The smallest absolute Gasteiger partial charge is 0.329 e. The molecule has 3 heterocycles. The number of nitro groups is 1. The monoisotopic (exact) mass is 291 g/mol. The Hall–Kier alpha value is -2.22. The van der Waals surface area contributed by atoms with E-state index >= 15 is 0 Å². The van der Waals surface area contributed by atoms with E-state index in [1.165, 1.54) is 16.6 Å². The van der Waals surface area contributed by atoms with Crippen LogP contribution in [0.4, 0.5) is 17.5 Å². The molecule has 0 radical (unpaired) electrons. The molecule has 0 unspecified atom stereocenters. The average Bonchev–Trinajstić information content (AvgIpc) is 2.87. The summed E-state index contributed by atoms with van der Waals surface area (Å²) in [5.74, 6) is 0.348. The van der Waals surface area contributed by atoms with E-state index in [2.05, 4.69) is 28.3 Å². The molecule has 8 heteroatoms. The van der Waals surface area contributed by atoms with Crippen molar-refractivity contribution in [3.05, 3.63) is 38.2 Å². The van der Waals surface area contributed by atoms with E-state index in [1.54, 1.807) is 11.3 Å². The number of anilines is 2. The average molecular weight is 291 g/mol. The molecule has 1 aliphatic rings. The molecular formula is C12H13N5O2S. The lowest BCUT2D eigenvalue weighted by molar-refractivity contribution is -0.384. The Kier molecular flexibility index (Phi) is 3.01. The third-order valence-electron chi connectivity index (χ3n) is 3.52. The van der Waals surface area contributed by atoms with Gasteiger partial charge in [0.2, 0.25) is 11.8 Å². The fourth-order valence-electron chi connectivity index (χ4n) is 2.44. The minimum Gasteiger partial charge on any atom is -0.378 e. The minimum atomic E-state index is -0.574. The molecular weight excluding hydrogens is 278 g/mol. The first-order valence-corrected chi connectivity index (χ1v) is 7.05. The summed E-state index contributed by atoms with van der Waals surface area (Å²) in [6.07, 6.45) is 2.10. The molecule has 20 heavy (non-hydrogen) atoms. The van der Waals surface area contributed by atoms with Crippen molar-refractivity contribution in [2.45, 2.75) is 19.4 Å². The second-order valence-corrected chi connectivity index (χ2v) is 5.62. The fourth-order valence-corrected chi connectivity index (χ4v) is 3.40. The van der Waals surface area contributed by atoms with Gasteiger partial charge in [-0.3, -0.25) is 10.1 Å². The summed E-state index contributed by atoms with van der Waals surface area (Å²) in [6, 6.07) is 2.25. The summed E-state index contributed by atoms with van der Waals surface area (Å²) in [7, 11) is 0. The summed E-state index contributed by atoms with van der Waals surface area (Å²) in [6.45, 7) is 2.86. The number of fused-ring (bicyclic) bond motifs is 1. The van der Waals surface area contributed by atoms with Gasteiger partial charge < -0.3 is 10.6 Å². The Labute approximate surface area is 119 Å². The van der Waals surface area contributed by atoms with E-state index < -0.39 is 4.92 Å². The fraction of sp³-hybridized carbons (Fsp3) is 0.333. The van der Waals surface area contributed by atoms with Crippen molar-refractivity contribution in [1.29, 1.82) is 0 Å². The van der Waals surface area contributed by atoms with Gasteiger partial charge in [-0.15, -0.1) is 11.3 Å². The zero-order valence-corrected chi connectivity index (χ0v) is 11.6. The molecule has 2 aromatic rings. The minimum absolute atomic E-state index is 0.0942. The first-order valence-electron chi connectivity index (χ1n) is 6.17. The van der Waals surface area contributed by atoms with Crippen LogP contribution in [0.15, 0.2) is 17.6 Å². The molecule has 0 saturated carbocycles. The lowest BCUT2D eigenvalue weighted by Crippen LogP contribution is -2.34. The lowest BCUT2D eigenvalue weighted by Gasteiger charge is -2.33. The van der Waals surface area contributed by atoms with Gasteiger partial charge >= 0.3 is 5.69 Å². The summed E-state index contributed by atoms with van der Waals surface area (Å²) in [5.41, 5.74) is 6.64. The number of nitrogen functional groups attached to an aromatic ring is 1. The van der Waals surface area contributed by atoms with E-state index in [1.807, 2.05) is 4.90 Å². The maximum absolute atomic E-state index is 10.7. The first kappa shape index (κ1) is 12.8. The van der Waals surface area contributed by atoms with Gasteiger partial charge in [-0.1, -0.05) is 0 Å². The standard InChI is InChI=1S/C12H13N5O2S/c1-7-8-3-5-20-10(8)2-4-16(7)12-14-6-9(17(18)19)11(13)15-12/h3,5-7H,2,4H2,1H3,(H2,13,14,15)/t7-/m0/s1. The Balaban J connectivity index is 1.95. The molecule has 0 bridgehead atoms. The molecule has 0 aliphatic carbocycles. The predicted octanol–water partition coefficient (Wildman–Crippen LogP) is 2.15. The number of hydrogen-bond acceptors (Lipinski definition) is 7. The number of aromatic nitrogens is 2. The second kappa shape index (κ2) is 4.71. The van der Waals surface area contributed by atoms with Crippen molar-refractivity contribution in [2.24, 2.45) is 0 Å². The highest BCUT2D eigenvalue weighted by Crippen LogP contribution is 2.35. The lowest BCUT2D eigenvalue weighted by atomic mass is 10.0. The molecule has 0 spiro atoms. The van der Waals surface area contributed by atoms with Crippen molar-refractivity contribution in [3.63, 3.8) is 0 Å². The Morgan fingerprint density at radius 3 is 3.10 bits per heavy atom. The number of thiophene rings is 1. The van der Waals surface area contributed by atoms with Crippen molar-refractivity contribution in [3.8, 4) is 0 Å². The Morgan fingerprint density at radius 1 is 1.60 bits per heavy atom. The molecule has 1 atom stereocenters. The third kappa shape index (κ3) is 1.97. The number of nitrogens with zero attached hydrogens (tertiary/aromatic N) is 4. The Bertz CT molecular complexity index is 672. The largest absolute Gasteiger partial charge is 0.378 e. The Morgan fingerprint density at radius 2 is 2.40 bits per heavy atom. The van der Waals surface area contributed by atoms with Crippen LogP contribution >= 0.6 is 11.3 Å². The van der Waals surface area contributed by atoms with Gasteiger partial charge in [0.1, 0.15) is 6.20 Å². The van der Waals surface area contributed by atoms with Gasteiger partial charge in [0.05, 0.1) is 11.0 Å². The highest BCUT2D eigenvalue weighted by Gasteiger charge is 2.27. The molecule has 1 aliphatic heterocycles. The summed E-state index contributed by atoms with van der Waals surface area (Å²) >= 11 is 1.75. The van der Waals surface area contributed by atoms with E-state index in [9.17, 15) is 10.1 Å². The SMILES string of the molecule is C[C@H]1c2ccsc2CCN1c1ncc([N+](=O)[O-])c(N)n1. The summed E-state index contributed by atoms with van der Waals surface area (Å²) in [5, 5.41) is 12.8. The van der Waals surface area contributed by atoms with Crippen LogP contribution in [0.25, 0.3) is 0 Å². The normalized spacial score (nSPS) is 17.9. The number of nitrogens with two attached hydrogens (primary N) is 1. The quantitative estimate of drug-likeness (QED) is 0.672. The maximum atomic E-state index is 10.7. The van der Waals surface area contributed by atoms with Crippen LogP contribution in [-0.2, 0) is 6.42 Å². The predicted molar refractivity (Wildman–Crippen MR) is 76.9 cm³/mol. The van der Waals surface area contributed by atoms with Crippen molar-refractivity contribution in [2.75, 3.05) is 17.2 Å². The molecule has 7 nitrogen and oxygen atoms in total. The second-order valence-electron chi connectivity index (χ2n) is 4.62. The van der Waals surface area contributed by atoms with Crippen LogP contribution in [0.5, 0.6) is 0 Å². The van der Waals surface area contributed by atoms with Gasteiger partial charge in [0, 0.05) is 11.4 Å². The number of rotatable bonds is 2. The summed E-state index contributed by atoms with van der Waals surface area (Å²) < 4.78 is 0. The molecule has 0 amide bonds. The van der Waals surface area contributed by atoms with Gasteiger partial charge in [0.15, 0.2) is 0 Å². The van der Waals surface area contributed by atoms with Crippen molar-refractivity contribution < 1.29 is 4.92 Å². The highest BCUT2D eigenvalue weighted by molar-refractivity contribution is 7.10. The van der Waals surface area contributed by atoms with Crippen molar-refractivity contribution >= 4 is 28.8 Å². The highest BCUT2D eigenvalue weighted by atomic mass is 32.1. The van der Waals surface area contributed by atoms with Crippen LogP contribution in [0.3, 0.4) is 0 Å². The first-order chi connectivity index (χ1) is 9.58. The zero-order valence-electron chi connectivity index (χ0n) is 10.8. The third-order valence-corrected chi connectivity index (χ3v) is 4.51. The van der Waals surface area contributed by atoms with Crippen LogP contribution in [0.1, 0.15) is 23.4 Å². The molecule has 0 aromatic carbocycles. The maximum Gasteiger partial charge on any atom is 0.329 e. The van der Waals surface area contributed by atoms with Crippen LogP contribution in [0, 0.1) is 10.1 Å². The molecule has 3 rings (SSSR count). The van der Waals surface area contributed by atoms with E-state index in [4.69, 9.17) is 5.73 Å². The molecule has 0 fully saturated rings. The molecule has 104 valence electrons. The van der Waals surface area contributed by atoms with Gasteiger partial charge in [-0.25, -0.2) is 4.98 Å². The van der Waals surface area contributed by atoms with Crippen molar-refractivity contribution in [1.82, 2.24) is 9.97 Å². The molecule has 2 N–H and O–H groups in total. The van der Waals surface area contributed by atoms with E-state index in [0.717, 1.165) is 13.0 Å². The van der Waals surface area contributed by atoms with E-state index in [0.29, 0.717) is 5.95 Å². The summed E-state index contributed by atoms with van der Waals surface area (Å²) in [4.78, 5) is 21.7. The molecule has 2 aromatic heterocycles. The van der Waals surface area contributed by atoms with Crippen LogP contribution in [0.2, 0.25) is 0 Å². The van der Waals surface area contributed by atoms with Gasteiger partial charge in [-0.05, 0) is 30.4 Å². The van der Waals surface area contributed by atoms with Crippen LogP contribution < -0.4 is 10.6 Å². The van der Waals surface area contributed by atoms with Crippen LogP contribution in [-0.4, -0.2) is 21.4 Å². The van der Waals surface area contributed by atoms with Gasteiger partial charge in [0.25, 0.3) is 0 Å².